The van der Waals surface area contributed by atoms with Gasteiger partial charge in [0.1, 0.15) is 5.69 Å². The summed E-state index contributed by atoms with van der Waals surface area (Å²) in [4.78, 5) is 0. The van der Waals surface area contributed by atoms with Crippen LogP contribution in [0.3, 0.4) is 0 Å². The molecular weight excluding hydrogens is 178 g/mol. The largest absolute Gasteiger partial charge is 0.396 e. The summed E-state index contributed by atoms with van der Waals surface area (Å²) >= 11 is 0. The Bertz CT molecular complexity index is 446. The van der Waals surface area contributed by atoms with Gasteiger partial charge in [0.05, 0.1) is 23.3 Å². The van der Waals surface area contributed by atoms with Crippen LogP contribution in [0.2, 0.25) is 0 Å². The molecule has 5 heteroatoms. The highest BCUT2D eigenvalue weighted by Crippen LogP contribution is 2.24. The molecule has 0 radical (unpaired) electrons. The number of anilines is 1. The molecule has 14 heavy (non-hydrogen) atoms. The fourth-order valence-corrected chi connectivity index (χ4v) is 1.60. The zero-order chi connectivity index (χ0) is 10.3. The Morgan fingerprint density at radius 3 is 2.43 bits per heavy atom. The summed E-state index contributed by atoms with van der Waals surface area (Å²) in [5.41, 5.74) is 9.37. The molecule has 5 nitrogen and oxygen atoms in total. The van der Waals surface area contributed by atoms with E-state index >= 15 is 0 Å². The van der Waals surface area contributed by atoms with Gasteiger partial charge in [-0.3, -0.25) is 9.36 Å². The first kappa shape index (κ1) is 8.80. The third kappa shape index (κ3) is 1.17. The maximum atomic E-state index is 5.83. The number of nitrogens with two attached hydrogens (primary N) is 1. The van der Waals surface area contributed by atoms with Crippen molar-refractivity contribution in [3.8, 4) is 11.4 Å². The third-order valence-corrected chi connectivity index (χ3v) is 2.21. The van der Waals surface area contributed by atoms with Crippen LogP contribution < -0.4 is 5.73 Å². The first-order valence-electron chi connectivity index (χ1n) is 4.38. The van der Waals surface area contributed by atoms with Crippen molar-refractivity contribution in [2.24, 2.45) is 14.1 Å². The highest BCUT2D eigenvalue weighted by Gasteiger charge is 2.12. The molecule has 0 amide bonds. The quantitative estimate of drug-likeness (QED) is 0.722. The first-order chi connectivity index (χ1) is 6.59. The van der Waals surface area contributed by atoms with Crippen LogP contribution in [-0.2, 0) is 14.1 Å². The van der Waals surface area contributed by atoms with Crippen LogP contribution in [-0.4, -0.2) is 19.6 Å². The van der Waals surface area contributed by atoms with Crippen molar-refractivity contribution < 1.29 is 0 Å². The number of nitrogen functional groups attached to an aromatic ring is 1. The number of hydrogen-bond acceptors (Lipinski definition) is 3. The van der Waals surface area contributed by atoms with Crippen molar-refractivity contribution in [2.75, 3.05) is 5.73 Å². The molecule has 2 aromatic heterocycles. The molecular formula is C9H13N5. The molecule has 0 aliphatic carbocycles. The van der Waals surface area contributed by atoms with Crippen LogP contribution in [0, 0.1) is 6.92 Å². The Kier molecular flexibility index (Phi) is 1.80. The molecule has 2 heterocycles. The van der Waals surface area contributed by atoms with E-state index < -0.39 is 0 Å². The second-order valence-electron chi connectivity index (χ2n) is 3.37. The summed E-state index contributed by atoms with van der Waals surface area (Å²) in [5.74, 6) is 0. The molecule has 74 valence electrons. The fraction of sp³-hybridized carbons (Fsp3) is 0.333. The highest BCUT2D eigenvalue weighted by molar-refractivity contribution is 5.70. The second kappa shape index (κ2) is 2.87. The summed E-state index contributed by atoms with van der Waals surface area (Å²) in [6.07, 6.45) is 1.65. The van der Waals surface area contributed by atoms with Gasteiger partial charge in [0.15, 0.2) is 0 Å². The average Bonchev–Trinajstić information content (AvgIpc) is 2.57. The van der Waals surface area contributed by atoms with Gasteiger partial charge in [0.2, 0.25) is 0 Å². The standard InChI is InChI=1S/C9H13N5/c1-6-4-8(13(2)12-6)9-7(10)5-11-14(9)3/h4-5H,10H2,1-3H3. The van der Waals surface area contributed by atoms with Gasteiger partial charge in [0, 0.05) is 14.1 Å². The maximum absolute atomic E-state index is 5.83. The molecule has 0 unspecified atom stereocenters. The smallest absolute Gasteiger partial charge is 0.109 e. The van der Waals surface area contributed by atoms with E-state index in [0.717, 1.165) is 17.1 Å². The second-order valence-corrected chi connectivity index (χ2v) is 3.37. The van der Waals surface area contributed by atoms with Gasteiger partial charge < -0.3 is 5.73 Å². The number of hydrogen-bond donors (Lipinski definition) is 1. The molecule has 0 fully saturated rings. The molecule has 2 aromatic rings. The van der Waals surface area contributed by atoms with Crippen molar-refractivity contribution in [3.63, 3.8) is 0 Å². The van der Waals surface area contributed by atoms with Crippen molar-refractivity contribution >= 4 is 5.69 Å². The minimum atomic E-state index is 0.676. The Morgan fingerprint density at radius 2 is 2.00 bits per heavy atom. The van der Waals surface area contributed by atoms with E-state index in [2.05, 4.69) is 10.2 Å². The molecule has 0 saturated heterocycles. The van der Waals surface area contributed by atoms with Crippen LogP contribution in [0.4, 0.5) is 5.69 Å². The zero-order valence-corrected chi connectivity index (χ0v) is 8.52. The van der Waals surface area contributed by atoms with Crippen LogP contribution in [0.25, 0.3) is 11.4 Å². The predicted molar refractivity (Wildman–Crippen MR) is 54.6 cm³/mol. The summed E-state index contributed by atoms with van der Waals surface area (Å²) in [5, 5.41) is 8.36. The molecule has 0 bridgehead atoms. The summed E-state index contributed by atoms with van der Waals surface area (Å²) in [6.45, 7) is 1.95. The lowest BCUT2D eigenvalue weighted by Gasteiger charge is -2.03. The fourth-order valence-electron chi connectivity index (χ4n) is 1.60. The molecule has 0 spiro atoms. The van der Waals surface area contributed by atoms with Crippen LogP contribution in [0.15, 0.2) is 12.3 Å². The lowest BCUT2D eigenvalue weighted by atomic mass is 10.2. The van der Waals surface area contributed by atoms with Gasteiger partial charge in [-0.2, -0.15) is 10.2 Å². The van der Waals surface area contributed by atoms with Crippen molar-refractivity contribution in [1.29, 1.82) is 0 Å². The minimum absolute atomic E-state index is 0.676. The van der Waals surface area contributed by atoms with Gasteiger partial charge >= 0.3 is 0 Å². The summed E-state index contributed by atoms with van der Waals surface area (Å²) < 4.78 is 3.56. The van der Waals surface area contributed by atoms with Crippen LogP contribution >= 0.6 is 0 Å². The Morgan fingerprint density at radius 1 is 1.29 bits per heavy atom. The predicted octanol–water partition coefficient (Wildman–Crippen LogP) is 0.711. The molecule has 0 atom stereocenters. The van der Waals surface area contributed by atoms with E-state index in [0.29, 0.717) is 5.69 Å². The number of aromatic nitrogens is 4. The Hall–Kier alpha value is -1.78. The van der Waals surface area contributed by atoms with E-state index in [9.17, 15) is 0 Å². The summed E-state index contributed by atoms with van der Waals surface area (Å²) in [7, 11) is 3.77. The van der Waals surface area contributed by atoms with E-state index in [-0.39, 0.29) is 0 Å². The highest BCUT2D eigenvalue weighted by atomic mass is 15.3. The van der Waals surface area contributed by atoms with E-state index in [4.69, 9.17) is 5.73 Å². The monoisotopic (exact) mass is 191 g/mol. The van der Waals surface area contributed by atoms with Crippen LogP contribution in [0.1, 0.15) is 5.69 Å². The number of nitrogens with zero attached hydrogens (tertiary/aromatic N) is 4. The average molecular weight is 191 g/mol. The van der Waals surface area contributed by atoms with Gasteiger partial charge in [-0.25, -0.2) is 0 Å². The first-order valence-corrected chi connectivity index (χ1v) is 4.38. The lowest BCUT2D eigenvalue weighted by Crippen LogP contribution is -2.01. The molecule has 0 saturated carbocycles. The summed E-state index contributed by atoms with van der Waals surface area (Å²) in [6, 6.07) is 1.99. The van der Waals surface area contributed by atoms with Crippen molar-refractivity contribution in [2.45, 2.75) is 6.92 Å². The Labute approximate surface area is 82.1 Å². The van der Waals surface area contributed by atoms with E-state index in [1.54, 1.807) is 10.9 Å². The molecule has 0 aromatic carbocycles. The van der Waals surface area contributed by atoms with Gasteiger partial charge in [-0.15, -0.1) is 0 Å². The van der Waals surface area contributed by atoms with Crippen LogP contribution in [0.5, 0.6) is 0 Å². The SMILES string of the molecule is Cc1cc(-c2c(N)cnn2C)n(C)n1. The van der Waals surface area contributed by atoms with E-state index in [1.807, 2.05) is 31.8 Å². The number of rotatable bonds is 1. The lowest BCUT2D eigenvalue weighted by molar-refractivity contribution is 0.733. The topological polar surface area (TPSA) is 61.7 Å². The molecule has 0 aliphatic heterocycles. The third-order valence-electron chi connectivity index (χ3n) is 2.21. The van der Waals surface area contributed by atoms with Gasteiger partial charge in [-0.05, 0) is 13.0 Å². The maximum Gasteiger partial charge on any atom is 0.109 e. The normalized spacial score (nSPS) is 10.8. The Balaban J connectivity index is 2.65. The molecule has 0 aliphatic rings. The van der Waals surface area contributed by atoms with Gasteiger partial charge in [-0.1, -0.05) is 0 Å². The zero-order valence-electron chi connectivity index (χ0n) is 8.52. The van der Waals surface area contributed by atoms with Gasteiger partial charge in [0.25, 0.3) is 0 Å². The van der Waals surface area contributed by atoms with Crippen molar-refractivity contribution in [3.05, 3.63) is 18.0 Å². The van der Waals surface area contributed by atoms with E-state index in [1.165, 1.54) is 0 Å². The van der Waals surface area contributed by atoms with Crippen molar-refractivity contribution in [1.82, 2.24) is 19.6 Å². The minimum Gasteiger partial charge on any atom is -0.396 e. The molecule has 2 N–H and O–H groups in total. The molecule has 2 rings (SSSR count). The number of aryl methyl sites for hydroxylation is 3.